The van der Waals surface area contributed by atoms with E-state index in [-0.39, 0.29) is 0 Å². The highest BCUT2D eigenvalue weighted by Gasteiger charge is 2.42. The Morgan fingerprint density at radius 3 is 2.69 bits per heavy atom. The maximum atomic E-state index is 3.71. The van der Waals surface area contributed by atoms with E-state index in [1.54, 1.807) is 0 Å². The van der Waals surface area contributed by atoms with E-state index in [9.17, 15) is 0 Å². The van der Waals surface area contributed by atoms with Gasteiger partial charge in [0.2, 0.25) is 0 Å². The van der Waals surface area contributed by atoms with Crippen molar-refractivity contribution in [3.63, 3.8) is 0 Å². The highest BCUT2D eigenvalue weighted by molar-refractivity contribution is 4.98. The second-order valence-corrected chi connectivity index (χ2v) is 6.55. The molecule has 0 aromatic carbocycles. The van der Waals surface area contributed by atoms with E-state index in [1.165, 1.54) is 45.3 Å². The molecule has 0 radical (unpaired) electrons. The van der Waals surface area contributed by atoms with Gasteiger partial charge < -0.3 is 5.32 Å². The first-order valence-electron chi connectivity index (χ1n) is 7.21. The fraction of sp³-hybridized carbons (Fsp3) is 1.00. The van der Waals surface area contributed by atoms with Gasteiger partial charge in [0.1, 0.15) is 0 Å². The molecule has 2 nitrogen and oxygen atoms in total. The van der Waals surface area contributed by atoms with Gasteiger partial charge in [0, 0.05) is 25.2 Å². The lowest BCUT2D eigenvalue weighted by molar-refractivity contribution is 0.0696. The van der Waals surface area contributed by atoms with E-state index in [0.717, 1.165) is 29.8 Å². The summed E-state index contributed by atoms with van der Waals surface area (Å²) in [7, 11) is 0. The smallest absolute Gasteiger partial charge is 0.0235 e. The van der Waals surface area contributed by atoms with Gasteiger partial charge in [-0.15, -0.1) is 0 Å². The molecule has 2 heterocycles. The third kappa shape index (κ3) is 1.91. The van der Waals surface area contributed by atoms with Crippen LogP contribution in [-0.4, -0.2) is 36.6 Å². The fourth-order valence-corrected chi connectivity index (χ4v) is 3.85. The van der Waals surface area contributed by atoms with Crippen LogP contribution in [0.15, 0.2) is 0 Å². The van der Waals surface area contributed by atoms with Crippen molar-refractivity contribution in [1.82, 2.24) is 10.2 Å². The molecule has 3 aliphatic rings. The average molecular weight is 222 g/mol. The molecular formula is C14H26N2. The van der Waals surface area contributed by atoms with Crippen LogP contribution < -0.4 is 5.32 Å². The maximum absolute atomic E-state index is 3.71. The number of likely N-dealkylation sites (tertiary alicyclic amines) is 1. The number of nitrogens with one attached hydrogen (secondary N) is 1. The predicted molar refractivity (Wildman–Crippen MR) is 67.4 cm³/mol. The van der Waals surface area contributed by atoms with Crippen LogP contribution in [0, 0.1) is 17.8 Å². The largest absolute Gasteiger partial charge is 0.312 e. The molecule has 16 heavy (non-hydrogen) atoms. The van der Waals surface area contributed by atoms with Crippen molar-refractivity contribution in [2.75, 3.05) is 19.6 Å². The molecule has 0 amide bonds. The minimum Gasteiger partial charge on any atom is -0.312 e. The maximum Gasteiger partial charge on any atom is 0.0235 e. The van der Waals surface area contributed by atoms with Crippen LogP contribution in [0.3, 0.4) is 0 Å². The Morgan fingerprint density at radius 1 is 1.19 bits per heavy atom. The van der Waals surface area contributed by atoms with Crippen molar-refractivity contribution in [2.45, 2.75) is 51.6 Å². The van der Waals surface area contributed by atoms with Crippen LogP contribution in [-0.2, 0) is 0 Å². The zero-order valence-electron chi connectivity index (χ0n) is 10.8. The Hall–Kier alpha value is -0.0800. The molecule has 1 aliphatic carbocycles. The van der Waals surface area contributed by atoms with Crippen LogP contribution in [0.2, 0.25) is 0 Å². The van der Waals surface area contributed by atoms with Crippen molar-refractivity contribution < 1.29 is 0 Å². The molecule has 92 valence electrons. The molecule has 1 saturated carbocycles. The van der Waals surface area contributed by atoms with Gasteiger partial charge in [-0.25, -0.2) is 0 Å². The third-order valence-corrected chi connectivity index (χ3v) is 5.24. The van der Waals surface area contributed by atoms with Crippen molar-refractivity contribution >= 4 is 0 Å². The van der Waals surface area contributed by atoms with Gasteiger partial charge in [-0.3, -0.25) is 4.90 Å². The summed E-state index contributed by atoms with van der Waals surface area (Å²) >= 11 is 0. The minimum absolute atomic E-state index is 0.826. The molecule has 3 fully saturated rings. The molecule has 2 saturated heterocycles. The second kappa shape index (κ2) is 4.30. The van der Waals surface area contributed by atoms with Gasteiger partial charge in [0.05, 0.1) is 0 Å². The summed E-state index contributed by atoms with van der Waals surface area (Å²) < 4.78 is 0. The first-order chi connectivity index (χ1) is 7.74. The van der Waals surface area contributed by atoms with Gasteiger partial charge >= 0.3 is 0 Å². The number of rotatable bonds is 2. The number of piperidine rings is 1. The Morgan fingerprint density at radius 2 is 2.00 bits per heavy atom. The summed E-state index contributed by atoms with van der Waals surface area (Å²) in [5.74, 6) is 2.88. The molecule has 3 rings (SSSR count). The third-order valence-electron chi connectivity index (χ3n) is 5.24. The standard InChI is InChI=1S/C14H26N2/c1-10(2)12-6-13(7-12)16-8-11-4-3-5-15-14(11)9-16/h10-15H,3-9H2,1-2H3. The first kappa shape index (κ1) is 11.0. The van der Waals surface area contributed by atoms with Gasteiger partial charge in [-0.2, -0.15) is 0 Å². The minimum atomic E-state index is 0.826. The lowest BCUT2D eigenvalue weighted by atomic mass is 9.73. The van der Waals surface area contributed by atoms with Crippen molar-refractivity contribution in [3.8, 4) is 0 Å². The topological polar surface area (TPSA) is 15.3 Å². The zero-order chi connectivity index (χ0) is 11.1. The zero-order valence-corrected chi connectivity index (χ0v) is 10.8. The number of hydrogen-bond acceptors (Lipinski definition) is 2. The molecule has 2 unspecified atom stereocenters. The van der Waals surface area contributed by atoms with E-state index in [4.69, 9.17) is 0 Å². The number of hydrogen-bond donors (Lipinski definition) is 1. The summed E-state index contributed by atoms with van der Waals surface area (Å²) in [5.41, 5.74) is 0. The second-order valence-electron chi connectivity index (χ2n) is 6.55. The number of nitrogens with zero attached hydrogens (tertiary/aromatic N) is 1. The van der Waals surface area contributed by atoms with Gasteiger partial charge in [-0.1, -0.05) is 13.8 Å². The van der Waals surface area contributed by atoms with Crippen LogP contribution in [0.5, 0.6) is 0 Å². The molecule has 1 N–H and O–H groups in total. The molecule has 0 aromatic rings. The summed E-state index contributed by atoms with van der Waals surface area (Å²) in [6.45, 7) is 8.74. The highest BCUT2D eigenvalue weighted by Crippen LogP contribution is 2.39. The molecule has 2 atom stereocenters. The Labute approximate surface area is 99.8 Å². The van der Waals surface area contributed by atoms with E-state index >= 15 is 0 Å². The van der Waals surface area contributed by atoms with E-state index < -0.39 is 0 Å². The Bertz CT molecular complexity index is 231. The molecule has 2 aliphatic heterocycles. The Balaban J connectivity index is 1.51. The highest BCUT2D eigenvalue weighted by atomic mass is 15.2. The first-order valence-corrected chi connectivity index (χ1v) is 7.21. The lowest BCUT2D eigenvalue weighted by Crippen LogP contribution is -2.46. The summed E-state index contributed by atoms with van der Waals surface area (Å²) in [4.78, 5) is 2.78. The number of fused-ring (bicyclic) bond motifs is 1. The summed E-state index contributed by atoms with van der Waals surface area (Å²) in [5, 5.41) is 3.71. The SMILES string of the molecule is CC(C)C1CC(N2CC3CCCNC3C2)C1. The van der Waals surface area contributed by atoms with Crippen molar-refractivity contribution in [2.24, 2.45) is 17.8 Å². The van der Waals surface area contributed by atoms with Gasteiger partial charge in [0.15, 0.2) is 0 Å². The molecule has 0 spiro atoms. The van der Waals surface area contributed by atoms with Gasteiger partial charge in [-0.05, 0) is 50.0 Å². The normalized spacial score (nSPS) is 44.4. The monoisotopic (exact) mass is 222 g/mol. The van der Waals surface area contributed by atoms with Crippen LogP contribution >= 0.6 is 0 Å². The average Bonchev–Trinajstić information content (AvgIpc) is 2.57. The van der Waals surface area contributed by atoms with E-state index in [1.807, 2.05) is 0 Å². The van der Waals surface area contributed by atoms with Crippen LogP contribution in [0.4, 0.5) is 0 Å². The molecule has 0 bridgehead atoms. The van der Waals surface area contributed by atoms with Gasteiger partial charge in [0.25, 0.3) is 0 Å². The van der Waals surface area contributed by atoms with Crippen LogP contribution in [0.25, 0.3) is 0 Å². The van der Waals surface area contributed by atoms with E-state index in [0.29, 0.717) is 0 Å². The van der Waals surface area contributed by atoms with Crippen molar-refractivity contribution in [3.05, 3.63) is 0 Å². The molecule has 2 heteroatoms. The quantitative estimate of drug-likeness (QED) is 0.770. The van der Waals surface area contributed by atoms with E-state index in [2.05, 4.69) is 24.1 Å². The lowest BCUT2D eigenvalue weighted by Gasteiger charge is -2.43. The summed E-state index contributed by atoms with van der Waals surface area (Å²) in [6.07, 6.45) is 5.80. The fourth-order valence-electron chi connectivity index (χ4n) is 3.85. The van der Waals surface area contributed by atoms with Crippen molar-refractivity contribution in [1.29, 1.82) is 0 Å². The van der Waals surface area contributed by atoms with Crippen LogP contribution in [0.1, 0.15) is 39.5 Å². The Kier molecular flexibility index (Phi) is 2.97. The molecule has 0 aromatic heterocycles. The summed E-state index contributed by atoms with van der Waals surface area (Å²) in [6, 6.07) is 1.76. The predicted octanol–water partition coefficient (Wildman–Crippen LogP) is 2.10. The molecular weight excluding hydrogens is 196 g/mol.